The molecule has 2 aromatic carbocycles. The molecule has 0 amide bonds. The van der Waals surface area contributed by atoms with Crippen molar-refractivity contribution in [2.45, 2.75) is 17.9 Å². The molecule has 2 heterocycles. The molecule has 0 aliphatic rings. The minimum absolute atomic E-state index is 0.168. The maximum atomic E-state index is 13.5. The molecule has 0 saturated carbocycles. The molecule has 0 unspecified atom stereocenters. The standard InChI is InChI=1S/C21H19ClN6OS/c1-12(25-18-16(30-2)11-24-21(23)27-18)19-26-15-10-6-9-14(22)17(15)20(29)28(19)13-7-4-3-5-8-13/h3-12H,1-2H3,(H3,23,24,25,27)/t12-/m1/s1. The molecule has 0 radical (unpaired) electrons. The Morgan fingerprint density at radius 1 is 1.13 bits per heavy atom. The highest BCUT2D eigenvalue weighted by atomic mass is 35.5. The van der Waals surface area contributed by atoms with Crippen molar-refractivity contribution in [3.63, 3.8) is 0 Å². The number of nitrogen functional groups attached to an aromatic ring is 1. The molecular formula is C21H19ClN6OS. The zero-order chi connectivity index (χ0) is 21.3. The molecule has 7 nitrogen and oxygen atoms in total. The molecule has 152 valence electrons. The Bertz CT molecular complexity index is 1280. The predicted octanol–water partition coefficient (Wildman–Crippen LogP) is 4.31. The predicted molar refractivity (Wildman–Crippen MR) is 123 cm³/mol. The number of hydrogen-bond acceptors (Lipinski definition) is 7. The third-order valence-electron chi connectivity index (χ3n) is 4.62. The molecule has 2 aromatic heterocycles. The summed E-state index contributed by atoms with van der Waals surface area (Å²) in [6, 6.07) is 14.3. The lowest BCUT2D eigenvalue weighted by molar-refractivity contribution is 0.728. The number of nitrogens with one attached hydrogen (secondary N) is 1. The first-order valence-corrected chi connectivity index (χ1v) is 10.8. The summed E-state index contributed by atoms with van der Waals surface area (Å²) in [5.74, 6) is 1.29. The van der Waals surface area contributed by atoms with Crippen molar-refractivity contribution >= 4 is 46.0 Å². The van der Waals surface area contributed by atoms with E-state index in [0.717, 1.165) is 4.90 Å². The largest absolute Gasteiger partial charge is 0.368 e. The highest BCUT2D eigenvalue weighted by Gasteiger charge is 2.20. The molecule has 4 rings (SSSR count). The number of hydrogen-bond donors (Lipinski definition) is 2. The summed E-state index contributed by atoms with van der Waals surface area (Å²) < 4.78 is 1.58. The molecule has 0 aliphatic carbocycles. The quantitative estimate of drug-likeness (QED) is 0.448. The Balaban J connectivity index is 1.92. The summed E-state index contributed by atoms with van der Waals surface area (Å²) in [4.78, 5) is 27.4. The molecule has 0 fully saturated rings. The van der Waals surface area contributed by atoms with Crippen LogP contribution in [0, 0.1) is 0 Å². The fourth-order valence-electron chi connectivity index (χ4n) is 3.23. The SMILES string of the molecule is CSc1cnc(N)nc1N[C@H](C)c1nc2cccc(Cl)c2c(=O)n1-c1ccccc1. The number of nitrogens with zero attached hydrogens (tertiary/aromatic N) is 4. The van der Waals surface area contributed by atoms with Crippen molar-refractivity contribution in [3.05, 3.63) is 75.9 Å². The van der Waals surface area contributed by atoms with Gasteiger partial charge in [-0.1, -0.05) is 35.9 Å². The summed E-state index contributed by atoms with van der Waals surface area (Å²) in [5, 5.41) is 4.08. The van der Waals surface area contributed by atoms with Gasteiger partial charge in [0.15, 0.2) is 0 Å². The van der Waals surface area contributed by atoms with Crippen molar-refractivity contribution < 1.29 is 0 Å². The second-order valence-electron chi connectivity index (χ2n) is 6.59. The fraction of sp³-hybridized carbons (Fsp3) is 0.143. The van der Waals surface area contributed by atoms with Crippen LogP contribution in [0.4, 0.5) is 11.8 Å². The summed E-state index contributed by atoms with van der Waals surface area (Å²) in [5.41, 5.74) is 6.79. The number of halogens is 1. The molecule has 9 heteroatoms. The van der Waals surface area contributed by atoms with Gasteiger partial charge in [-0.3, -0.25) is 9.36 Å². The lowest BCUT2D eigenvalue weighted by Gasteiger charge is -2.21. The van der Waals surface area contributed by atoms with Crippen LogP contribution in [0.25, 0.3) is 16.6 Å². The maximum absolute atomic E-state index is 13.5. The average molecular weight is 439 g/mol. The van der Waals surface area contributed by atoms with Crippen LogP contribution in [0.15, 0.2) is 64.4 Å². The van der Waals surface area contributed by atoms with Crippen LogP contribution < -0.4 is 16.6 Å². The minimum Gasteiger partial charge on any atom is -0.368 e. The second kappa shape index (κ2) is 8.33. The highest BCUT2D eigenvalue weighted by Crippen LogP contribution is 2.28. The number of para-hydroxylation sites is 1. The molecule has 3 N–H and O–H groups in total. The van der Waals surface area contributed by atoms with E-state index in [1.165, 1.54) is 11.8 Å². The van der Waals surface area contributed by atoms with Gasteiger partial charge in [0.25, 0.3) is 5.56 Å². The van der Waals surface area contributed by atoms with Gasteiger partial charge < -0.3 is 11.1 Å². The van der Waals surface area contributed by atoms with Crippen LogP contribution in [-0.4, -0.2) is 25.8 Å². The summed E-state index contributed by atoms with van der Waals surface area (Å²) in [6.07, 6.45) is 3.60. The Morgan fingerprint density at radius 3 is 2.63 bits per heavy atom. The summed E-state index contributed by atoms with van der Waals surface area (Å²) in [6.45, 7) is 1.92. The second-order valence-corrected chi connectivity index (χ2v) is 7.85. The van der Waals surface area contributed by atoms with E-state index in [4.69, 9.17) is 22.3 Å². The first-order valence-electron chi connectivity index (χ1n) is 9.19. The number of benzene rings is 2. The Hall–Kier alpha value is -3.10. The normalized spacial score (nSPS) is 12.1. The van der Waals surface area contributed by atoms with Gasteiger partial charge in [-0.2, -0.15) is 4.98 Å². The van der Waals surface area contributed by atoms with E-state index < -0.39 is 0 Å². The topological polar surface area (TPSA) is 98.7 Å². The van der Waals surface area contributed by atoms with E-state index in [9.17, 15) is 4.79 Å². The van der Waals surface area contributed by atoms with Gasteiger partial charge in [-0.15, -0.1) is 11.8 Å². The number of fused-ring (bicyclic) bond motifs is 1. The number of thioether (sulfide) groups is 1. The molecule has 0 spiro atoms. The number of anilines is 2. The van der Waals surface area contributed by atoms with Gasteiger partial charge >= 0.3 is 0 Å². The lowest BCUT2D eigenvalue weighted by atomic mass is 10.2. The van der Waals surface area contributed by atoms with Gasteiger partial charge in [0.05, 0.1) is 32.6 Å². The summed E-state index contributed by atoms with van der Waals surface area (Å²) >= 11 is 7.84. The maximum Gasteiger partial charge on any atom is 0.267 e. The van der Waals surface area contributed by atoms with Crippen molar-refractivity contribution in [1.29, 1.82) is 0 Å². The zero-order valence-electron chi connectivity index (χ0n) is 16.3. The molecule has 0 saturated heterocycles. The first kappa shape index (κ1) is 20.2. The van der Waals surface area contributed by atoms with E-state index >= 15 is 0 Å². The van der Waals surface area contributed by atoms with Gasteiger partial charge in [-0.05, 0) is 37.4 Å². The third kappa shape index (κ3) is 3.71. The van der Waals surface area contributed by atoms with Crippen LogP contribution in [0.1, 0.15) is 18.8 Å². The van der Waals surface area contributed by atoms with E-state index in [0.29, 0.717) is 33.3 Å². The van der Waals surface area contributed by atoms with E-state index in [-0.39, 0.29) is 17.5 Å². The lowest BCUT2D eigenvalue weighted by Crippen LogP contribution is -2.27. The van der Waals surface area contributed by atoms with Crippen molar-refractivity contribution in [3.8, 4) is 5.69 Å². The van der Waals surface area contributed by atoms with Crippen LogP contribution in [0.2, 0.25) is 5.02 Å². The minimum atomic E-state index is -0.360. The van der Waals surface area contributed by atoms with Crippen LogP contribution in [0.3, 0.4) is 0 Å². The van der Waals surface area contributed by atoms with Crippen molar-refractivity contribution in [2.24, 2.45) is 0 Å². The Kier molecular flexibility index (Phi) is 5.61. The van der Waals surface area contributed by atoms with Crippen LogP contribution >= 0.6 is 23.4 Å². The van der Waals surface area contributed by atoms with Gasteiger partial charge in [-0.25, -0.2) is 9.97 Å². The van der Waals surface area contributed by atoms with E-state index in [2.05, 4.69) is 15.3 Å². The summed E-state index contributed by atoms with van der Waals surface area (Å²) in [7, 11) is 0. The van der Waals surface area contributed by atoms with E-state index in [1.807, 2.05) is 43.5 Å². The molecule has 0 aliphatic heterocycles. The molecule has 30 heavy (non-hydrogen) atoms. The monoisotopic (exact) mass is 438 g/mol. The van der Waals surface area contributed by atoms with Gasteiger partial charge in [0.1, 0.15) is 11.6 Å². The molecular weight excluding hydrogens is 420 g/mol. The number of aromatic nitrogens is 4. The zero-order valence-corrected chi connectivity index (χ0v) is 17.9. The molecule has 0 bridgehead atoms. The van der Waals surface area contributed by atoms with Crippen molar-refractivity contribution in [2.75, 3.05) is 17.3 Å². The average Bonchev–Trinajstić information content (AvgIpc) is 2.74. The van der Waals surface area contributed by atoms with Gasteiger partial charge in [0, 0.05) is 6.20 Å². The Labute approximate surface area is 182 Å². The molecule has 1 atom stereocenters. The third-order valence-corrected chi connectivity index (χ3v) is 5.67. The smallest absolute Gasteiger partial charge is 0.267 e. The number of nitrogens with two attached hydrogens (primary N) is 1. The number of rotatable bonds is 5. The van der Waals surface area contributed by atoms with Crippen LogP contribution in [-0.2, 0) is 0 Å². The first-order chi connectivity index (χ1) is 14.5. The highest BCUT2D eigenvalue weighted by molar-refractivity contribution is 7.98. The van der Waals surface area contributed by atoms with E-state index in [1.54, 1.807) is 29.0 Å². The van der Waals surface area contributed by atoms with Gasteiger partial charge in [0.2, 0.25) is 5.95 Å². The van der Waals surface area contributed by atoms with Crippen LogP contribution in [0.5, 0.6) is 0 Å². The van der Waals surface area contributed by atoms with Crippen molar-refractivity contribution in [1.82, 2.24) is 19.5 Å². The Morgan fingerprint density at radius 2 is 1.90 bits per heavy atom. The fourth-order valence-corrected chi connectivity index (χ4v) is 3.94. The molecule has 4 aromatic rings.